The van der Waals surface area contributed by atoms with Crippen LogP contribution >= 0.6 is 11.3 Å². The zero-order valence-electron chi connectivity index (χ0n) is 7.67. The van der Waals surface area contributed by atoms with Gasteiger partial charge in [-0.25, -0.2) is 0 Å². The molecule has 0 aromatic carbocycles. The predicted molar refractivity (Wildman–Crippen MR) is 54.4 cm³/mol. The molecule has 13 heavy (non-hydrogen) atoms. The lowest BCUT2D eigenvalue weighted by molar-refractivity contribution is 0.0934. The van der Waals surface area contributed by atoms with Crippen LogP contribution < -0.4 is 5.32 Å². The molecule has 0 aliphatic carbocycles. The summed E-state index contributed by atoms with van der Waals surface area (Å²) in [6, 6.07) is 2.01. The van der Waals surface area contributed by atoms with Gasteiger partial charge in [-0.15, -0.1) is 11.3 Å². The third kappa shape index (κ3) is 1.67. The number of thiophene rings is 1. The van der Waals surface area contributed by atoms with Gasteiger partial charge in [0, 0.05) is 12.5 Å². The van der Waals surface area contributed by atoms with Crippen molar-refractivity contribution < 1.29 is 4.79 Å². The van der Waals surface area contributed by atoms with Gasteiger partial charge >= 0.3 is 0 Å². The van der Waals surface area contributed by atoms with Crippen molar-refractivity contribution in [2.75, 3.05) is 13.1 Å². The van der Waals surface area contributed by atoms with Crippen LogP contribution in [0.2, 0.25) is 0 Å². The van der Waals surface area contributed by atoms with Crippen molar-refractivity contribution in [3.8, 4) is 0 Å². The summed E-state index contributed by atoms with van der Waals surface area (Å²) in [7, 11) is 0. The smallest absolute Gasteiger partial charge is 0.177 e. The largest absolute Gasteiger partial charge is 0.316 e. The molecule has 1 aromatic rings. The van der Waals surface area contributed by atoms with Crippen molar-refractivity contribution >= 4 is 17.1 Å². The molecule has 2 rings (SSSR count). The maximum absolute atomic E-state index is 11.9. The van der Waals surface area contributed by atoms with E-state index in [0.717, 1.165) is 30.0 Å². The monoisotopic (exact) mass is 195 g/mol. The van der Waals surface area contributed by atoms with Gasteiger partial charge in [0.15, 0.2) is 5.78 Å². The van der Waals surface area contributed by atoms with Crippen LogP contribution in [0.4, 0.5) is 0 Å². The van der Waals surface area contributed by atoms with Crippen LogP contribution in [0.15, 0.2) is 11.4 Å². The lowest BCUT2D eigenvalue weighted by Gasteiger charge is -2.05. The molecule has 70 valence electrons. The van der Waals surface area contributed by atoms with Gasteiger partial charge in [0.1, 0.15) is 0 Å². The average molecular weight is 195 g/mol. The number of rotatable bonds is 2. The average Bonchev–Trinajstić information content (AvgIpc) is 2.72. The number of carbonyl (C=O) groups excluding carboxylic acids is 1. The van der Waals surface area contributed by atoms with E-state index in [2.05, 4.69) is 5.32 Å². The first kappa shape index (κ1) is 8.91. The Labute approximate surface area is 82.0 Å². The highest BCUT2D eigenvalue weighted by Gasteiger charge is 2.25. The normalized spacial score (nSPS) is 22.1. The van der Waals surface area contributed by atoms with Gasteiger partial charge in [-0.05, 0) is 36.9 Å². The van der Waals surface area contributed by atoms with Crippen LogP contribution in [-0.4, -0.2) is 18.9 Å². The van der Waals surface area contributed by atoms with Crippen molar-refractivity contribution in [3.05, 3.63) is 21.9 Å². The summed E-state index contributed by atoms with van der Waals surface area (Å²) in [5.74, 6) is 0.551. The van der Waals surface area contributed by atoms with Crippen LogP contribution in [0, 0.1) is 12.8 Å². The highest BCUT2D eigenvalue weighted by Crippen LogP contribution is 2.22. The van der Waals surface area contributed by atoms with Crippen molar-refractivity contribution in [2.45, 2.75) is 13.3 Å². The molecule has 1 atom stereocenters. The standard InChI is InChI=1S/C10H13NOS/c1-7-3-5-13-10(7)9(12)8-2-4-11-6-8/h3,5,8,11H,2,4,6H2,1H3. The molecule has 0 radical (unpaired) electrons. The summed E-state index contributed by atoms with van der Waals surface area (Å²) < 4.78 is 0. The molecular formula is C10H13NOS. The van der Waals surface area contributed by atoms with E-state index in [4.69, 9.17) is 0 Å². The second-order valence-electron chi connectivity index (χ2n) is 3.49. The molecule has 0 bridgehead atoms. The highest BCUT2D eigenvalue weighted by molar-refractivity contribution is 7.12. The molecule has 0 amide bonds. The quantitative estimate of drug-likeness (QED) is 0.730. The van der Waals surface area contributed by atoms with E-state index in [0.29, 0.717) is 5.78 Å². The zero-order chi connectivity index (χ0) is 9.26. The lowest BCUT2D eigenvalue weighted by Crippen LogP contribution is -2.17. The summed E-state index contributed by atoms with van der Waals surface area (Å²) >= 11 is 1.57. The molecule has 3 heteroatoms. The Bertz CT molecular complexity index is 312. The molecule has 1 aliphatic heterocycles. The van der Waals surface area contributed by atoms with Crippen molar-refractivity contribution in [1.82, 2.24) is 5.32 Å². The fourth-order valence-corrected chi connectivity index (χ4v) is 2.63. The summed E-state index contributed by atoms with van der Waals surface area (Å²) in [5.41, 5.74) is 1.13. The van der Waals surface area contributed by atoms with Gasteiger partial charge in [-0.1, -0.05) is 0 Å². The van der Waals surface area contributed by atoms with Crippen molar-refractivity contribution in [2.24, 2.45) is 5.92 Å². The van der Waals surface area contributed by atoms with E-state index in [-0.39, 0.29) is 5.92 Å². The van der Waals surface area contributed by atoms with Crippen LogP contribution in [0.1, 0.15) is 21.7 Å². The lowest BCUT2D eigenvalue weighted by atomic mass is 10.0. The highest BCUT2D eigenvalue weighted by atomic mass is 32.1. The van der Waals surface area contributed by atoms with Gasteiger partial charge in [0.2, 0.25) is 0 Å². The fraction of sp³-hybridized carbons (Fsp3) is 0.500. The molecule has 0 spiro atoms. The Balaban J connectivity index is 2.17. The maximum Gasteiger partial charge on any atom is 0.177 e. The Morgan fingerprint density at radius 2 is 2.54 bits per heavy atom. The van der Waals surface area contributed by atoms with E-state index >= 15 is 0 Å². The van der Waals surface area contributed by atoms with E-state index < -0.39 is 0 Å². The van der Waals surface area contributed by atoms with Gasteiger partial charge in [-0.3, -0.25) is 4.79 Å². The Morgan fingerprint density at radius 3 is 3.08 bits per heavy atom. The number of ketones is 1. The molecule has 1 saturated heterocycles. The van der Waals surface area contributed by atoms with E-state index in [1.807, 2.05) is 18.4 Å². The first-order valence-electron chi connectivity index (χ1n) is 4.58. The number of hydrogen-bond acceptors (Lipinski definition) is 3. The van der Waals surface area contributed by atoms with E-state index in [9.17, 15) is 4.79 Å². The van der Waals surface area contributed by atoms with Crippen LogP contribution in [-0.2, 0) is 0 Å². The third-order valence-corrected chi connectivity index (χ3v) is 3.55. The SMILES string of the molecule is Cc1ccsc1C(=O)C1CCNC1. The number of Topliss-reactive ketones (excluding diaryl/α,β-unsaturated/α-hetero) is 1. The number of hydrogen-bond donors (Lipinski definition) is 1. The molecule has 1 unspecified atom stereocenters. The number of carbonyl (C=O) groups is 1. The summed E-state index contributed by atoms with van der Waals surface area (Å²) in [6.45, 7) is 3.85. The minimum atomic E-state index is 0.220. The Morgan fingerprint density at radius 1 is 1.69 bits per heavy atom. The summed E-state index contributed by atoms with van der Waals surface area (Å²) in [4.78, 5) is 12.9. The first-order valence-corrected chi connectivity index (χ1v) is 5.46. The van der Waals surface area contributed by atoms with Crippen LogP contribution in [0.5, 0.6) is 0 Å². The van der Waals surface area contributed by atoms with Crippen molar-refractivity contribution in [3.63, 3.8) is 0 Å². The van der Waals surface area contributed by atoms with Crippen molar-refractivity contribution in [1.29, 1.82) is 0 Å². The second-order valence-corrected chi connectivity index (χ2v) is 4.40. The molecule has 1 aliphatic rings. The molecule has 1 N–H and O–H groups in total. The first-order chi connectivity index (χ1) is 6.29. The fourth-order valence-electron chi connectivity index (χ4n) is 1.69. The number of aryl methyl sites for hydroxylation is 1. The van der Waals surface area contributed by atoms with Gasteiger partial charge in [0.25, 0.3) is 0 Å². The third-order valence-electron chi connectivity index (χ3n) is 2.52. The van der Waals surface area contributed by atoms with Gasteiger partial charge in [0.05, 0.1) is 4.88 Å². The molecule has 1 fully saturated rings. The molecule has 1 aromatic heterocycles. The Hall–Kier alpha value is -0.670. The second kappa shape index (κ2) is 3.60. The van der Waals surface area contributed by atoms with E-state index in [1.165, 1.54) is 0 Å². The molecule has 2 nitrogen and oxygen atoms in total. The predicted octanol–water partition coefficient (Wildman–Crippen LogP) is 1.85. The molecule has 2 heterocycles. The van der Waals surface area contributed by atoms with E-state index in [1.54, 1.807) is 11.3 Å². The summed E-state index contributed by atoms with van der Waals surface area (Å²) in [5, 5.41) is 5.21. The summed E-state index contributed by atoms with van der Waals surface area (Å²) in [6.07, 6.45) is 0.996. The Kier molecular flexibility index (Phi) is 2.47. The minimum Gasteiger partial charge on any atom is -0.316 e. The van der Waals surface area contributed by atoms with Crippen LogP contribution in [0.3, 0.4) is 0 Å². The van der Waals surface area contributed by atoms with Gasteiger partial charge < -0.3 is 5.32 Å². The van der Waals surface area contributed by atoms with Crippen LogP contribution in [0.25, 0.3) is 0 Å². The maximum atomic E-state index is 11.9. The zero-order valence-corrected chi connectivity index (χ0v) is 8.49. The minimum absolute atomic E-state index is 0.220. The number of nitrogens with one attached hydrogen (secondary N) is 1. The van der Waals surface area contributed by atoms with Gasteiger partial charge in [-0.2, -0.15) is 0 Å². The molecule has 0 saturated carbocycles. The topological polar surface area (TPSA) is 29.1 Å². The molecular weight excluding hydrogens is 182 g/mol.